The molecule has 6 nitrogen and oxygen atoms in total. The summed E-state index contributed by atoms with van der Waals surface area (Å²) in [6.07, 6.45) is 1.27. The van der Waals surface area contributed by atoms with Gasteiger partial charge in [-0.3, -0.25) is 4.90 Å². The largest absolute Gasteiger partial charge is 0.476 e. The molecule has 0 amide bonds. The number of thiazole rings is 1. The Bertz CT molecular complexity index is 443. The molecule has 2 N–H and O–H groups in total. The molecule has 1 aliphatic rings. The number of carboxylic acid groups (broad SMARTS) is 1. The molecule has 0 bridgehead atoms. The Hall–Kier alpha value is -1.02. The van der Waals surface area contributed by atoms with Crippen molar-refractivity contribution >= 4 is 17.3 Å². The summed E-state index contributed by atoms with van der Waals surface area (Å²) in [6, 6.07) is 0. The van der Waals surface area contributed by atoms with Crippen molar-refractivity contribution in [2.24, 2.45) is 0 Å². The lowest BCUT2D eigenvalue weighted by Gasteiger charge is -2.35. The van der Waals surface area contributed by atoms with Gasteiger partial charge in [0.25, 0.3) is 0 Å². The monoisotopic (exact) mass is 286 g/mol. The fourth-order valence-electron chi connectivity index (χ4n) is 2.22. The molecule has 19 heavy (non-hydrogen) atoms. The van der Waals surface area contributed by atoms with Gasteiger partial charge >= 0.3 is 5.97 Å². The highest BCUT2D eigenvalue weighted by Gasteiger charge is 2.31. The van der Waals surface area contributed by atoms with Crippen LogP contribution in [0.4, 0.5) is 0 Å². The Morgan fingerprint density at radius 2 is 2.26 bits per heavy atom. The van der Waals surface area contributed by atoms with Gasteiger partial charge in [0.05, 0.1) is 11.3 Å². The number of hydrogen-bond acceptors (Lipinski definition) is 6. The third-order valence-electron chi connectivity index (χ3n) is 3.15. The first kappa shape index (κ1) is 14.4. The predicted octanol–water partition coefficient (Wildman–Crippen LogP) is 0.815. The number of nitrogens with zero attached hydrogens (tertiary/aromatic N) is 2. The van der Waals surface area contributed by atoms with Crippen molar-refractivity contribution in [2.45, 2.75) is 25.0 Å². The minimum atomic E-state index is -0.998. The van der Waals surface area contributed by atoms with Crippen molar-refractivity contribution in [3.8, 4) is 0 Å². The van der Waals surface area contributed by atoms with Gasteiger partial charge in [0.2, 0.25) is 5.01 Å². The second-order valence-electron chi connectivity index (χ2n) is 4.96. The summed E-state index contributed by atoms with van der Waals surface area (Å²) in [6.45, 7) is 2.25. The number of ether oxygens (including phenoxy) is 1. The van der Waals surface area contributed by atoms with E-state index in [1.807, 2.05) is 11.9 Å². The van der Waals surface area contributed by atoms with E-state index in [-0.39, 0.29) is 5.01 Å². The summed E-state index contributed by atoms with van der Waals surface area (Å²) in [4.78, 5) is 16.7. The lowest BCUT2D eigenvalue weighted by Crippen LogP contribution is -2.45. The van der Waals surface area contributed by atoms with Gasteiger partial charge in [-0.15, -0.1) is 11.3 Å². The quantitative estimate of drug-likeness (QED) is 0.833. The van der Waals surface area contributed by atoms with E-state index in [0.29, 0.717) is 39.1 Å². The smallest absolute Gasteiger partial charge is 0.365 e. The van der Waals surface area contributed by atoms with E-state index < -0.39 is 11.6 Å². The highest BCUT2D eigenvalue weighted by molar-refractivity contribution is 7.11. The van der Waals surface area contributed by atoms with Crippen LogP contribution in [0.1, 0.15) is 28.3 Å². The Labute approximate surface area is 115 Å². The molecule has 0 aliphatic carbocycles. The van der Waals surface area contributed by atoms with Crippen LogP contribution in [-0.2, 0) is 11.3 Å². The normalized spacial score (nSPS) is 18.7. The second kappa shape index (κ2) is 5.96. The zero-order chi connectivity index (χ0) is 13.9. The zero-order valence-corrected chi connectivity index (χ0v) is 11.7. The lowest BCUT2D eigenvalue weighted by molar-refractivity contribution is -0.0778. The van der Waals surface area contributed by atoms with Gasteiger partial charge in [-0.25, -0.2) is 9.78 Å². The number of aromatic carboxylic acids is 1. The number of rotatable bonds is 5. The van der Waals surface area contributed by atoms with Crippen molar-refractivity contribution in [1.82, 2.24) is 9.88 Å². The van der Waals surface area contributed by atoms with E-state index in [1.54, 1.807) is 5.38 Å². The molecular weight excluding hydrogens is 268 g/mol. The van der Waals surface area contributed by atoms with E-state index in [0.717, 1.165) is 17.0 Å². The SMILES string of the molecule is CN(Cc1csc(C(=O)O)n1)CC1(O)CCOCC1. The first-order valence-corrected chi connectivity index (χ1v) is 7.03. The molecule has 106 valence electrons. The molecule has 1 aromatic rings. The van der Waals surface area contributed by atoms with Gasteiger partial charge in [0.1, 0.15) is 0 Å². The maximum Gasteiger partial charge on any atom is 0.365 e. The Morgan fingerprint density at radius 1 is 1.58 bits per heavy atom. The molecule has 2 rings (SSSR count). The Balaban J connectivity index is 1.89. The van der Waals surface area contributed by atoms with Crippen molar-refractivity contribution in [1.29, 1.82) is 0 Å². The molecule has 7 heteroatoms. The Kier molecular flexibility index (Phi) is 4.51. The first-order valence-electron chi connectivity index (χ1n) is 6.15. The number of aliphatic hydroxyl groups is 1. The van der Waals surface area contributed by atoms with Gasteiger partial charge < -0.3 is 14.9 Å². The molecule has 0 unspecified atom stereocenters. The van der Waals surface area contributed by atoms with Crippen LogP contribution in [-0.4, -0.2) is 58.5 Å². The molecule has 0 saturated carbocycles. The van der Waals surface area contributed by atoms with Gasteiger partial charge in [-0.1, -0.05) is 0 Å². The summed E-state index contributed by atoms with van der Waals surface area (Å²) in [5.41, 5.74) is 0.0131. The van der Waals surface area contributed by atoms with Crippen LogP contribution in [0.5, 0.6) is 0 Å². The molecule has 0 atom stereocenters. The summed E-state index contributed by atoms with van der Waals surface area (Å²) in [5, 5.41) is 21.0. The molecule has 1 aliphatic heterocycles. The van der Waals surface area contributed by atoms with Crippen LogP contribution in [0.25, 0.3) is 0 Å². The number of hydrogen-bond donors (Lipinski definition) is 2. The van der Waals surface area contributed by atoms with Crippen molar-refractivity contribution in [3.63, 3.8) is 0 Å². The molecule has 0 radical (unpaired) electrons. The molecule has 1 aromatic heterocycles. The maximum atomic E-state index is 10.7. The van der Waals surface area contributed by atoms with Crippen LogP contribution < -0.4 is 0 Å². The molecule has 1 fully saturated rings. The fourth-order valence-corrected chi connectivity index (χ4v) is 2.87. The van der Waals surface area contributed by atoms with Crippen LogP contribution in [0.2, 0.25) is 0 Å². The standard InChI is InChI=1S/C12H18N2O4S/c1-14(8-12(17)2-4-18-5-3-12)6-9-7-19-10(13-9)11(15)16/h7,17H,2-6,8H2,1H3,(H,15,16). The molecule has 2 heterocycles. The lowest BCUT2D eigenvalue weighted by atomic mass is 9.94. The topological polar surface area (TPSA) is 82.9 Å². The van der Waals surface area contributed by atoms with Crippen LogP contribution in [0, 0.1) is 0 Å². The third kappa shape index (κ3) is 3.97. The van der Waals surface area contributed by atoms with Crippen molar-refractivity contribution < 1.29 is 19.7 Å². The van der Waals surface area contributed by atoms with E-state index in [4.69, 9.17) is 9.84 Å². The van der Waals surface area contributed by atoms with Gasteiger partial charge in [0.15, 0.2) is 0 Å². The fraction of sp³-hybridized carbons (Fsp3) is 0.667. The van der Waals surface area contributed by atoms with Gasteiger partial charge in [-0.05, 0) is 7.05 Å². The predicted molar refractivity (Wildman–Crippen MR) is 70.4 cm³/mol. The highest BCUT2D eigenvalue weighted by Crippen LogP contribution is 2.22. The number of aromatic nitrogens is 1. The van der Waals surface area contributed by atoms with Crippen LogP contribution in [0.15, 0.2) is 5.38 Å². The average Bonchev–Trinajstić information content (AvgIpc) is 2.77. The van der Waals surface area contributed by atoms with E-state index in [9.17, 15) is 9.90 Å². The summed E-state index contributed by atoms with van der Waals surface area (Å²) in [5.74, 6) is -0.998. The number of likely N-dealkylation sites (N-methyl/N-ethyl adjacent to an activating group) is 1. The number of carboxylic acids is 1. The molecule has 0 spiro atoms. The third-order valence-corrected chi connectivity index (χ3v) is 4.03. The highest BCUT2D eigenvalue weighted by atomic mass is 32.1. The first-order chi connectivity index (χ1) is 8.98. The molecule has 1 saturated heterocycles. The van der Waals surface area contributed by atoms with Crippen molar-refractivity contribution in [2.75, 3.05) is 26.8 Å². The number of carbonyl (C=O) groups is 1. The molecule has 0 aromatic carbocycles. The van der Waals surface area contributed by atoms with E-state index >= 15 is 0 Å². The summed E-state index contributed by atoms with van der Waals surface area (Å²) in [7, 11) is 1.90. The minimum Gasteiger partial charge on any atom is -0.476 e. The summed E-state index contributed by atoms with van der Waals surface area (Å²) >= 11 is 1.12. The van der Waals surface area contributed by atoms with Gasteiger partial charge in [0, 0.05) is 44.5 Å². The van der Waals surface area contributed by atoms with E-state index in [1.165, 1.54) is 0 Å². The zero-order valence-electron chi connectivity index (χ0n) is 10.8. The maximum absolute atomic E-state index is 10.7. The summed E-state index contributed by atoms with van der Waals surface area (Å²) < 4.78 is 5.24. The average molecular weight is 286 g/mol. The second-order valence-corrected chi connectivity index (χ2v) is 5.82. The van der Waals surface area contributed by atoms with E-state index in [2.05, 4.69) is 4.98 Å². The van der Waals surface area contributed by atoms with Crippen LogP contribution in [0.3, 0.4) is 0 Å². The molecular formula is C12H18N2O4S. The minimum absolute atomic E-state index is 0.105. The Morgan fingerprint density at radius 3 is 2.84 bits per heavy atom. The van der Waals surface area contributed by atoms with Crippen LogP contribution >= 0.6 is 11.3 Å². The van der Waals surface area contributed by atoms with Gasteiger partial charge in [-0.2, -0.15) is 0 Å². The van der Waals surface area contributed by atoms with Crippen molar-refractivity contribution in [3.05, 3.63) is 16.1 Å².